The fraction of sp³-hybridized carbons (Fsp3) is 0.286. The Bertz CT molecular complexity index is 688. The first-order chi connectivity index (χ1) is 10.2. The van der Waals surface area contributed by atoms with E-state index in [2.05, 4.69) is 10.4 Å². The summed E-state index contributed by atoms with van der Waals surface area (Å²) in [6.07, 6.45) is -5.46. The van der Waals surface area contributed by atoms with E-state index in [-0.39, 0.29) is 0 Å². The summed E-state index contributed by atoms with van der Waals surface area (Å²) in [5.41, 5.74) is 1.18. The largest absolute Gasteiger partial charge is 0.433 e. The molecule has 0 radical (unpaired) electrons. The number of halogens is 3. The van der Waals surface area contributed by atoms with Crippen LogP contribution in [0.15, 0.2) is 24.3 Å². The maximum absolute atomic E-state index is 12.6. The van der Waals surface area contributed by atoms with E-state index >= 15 is 0 Å². The molecule has 8 heteroatoms. The second-order valence-corrected chi connectivity index (χ2v) is 4.77. The quantitative estimate of drug-likeness (QED) is 0.920. The summed E-state index contributed by atoms with van der Waals surface area (Å²) in [5.74, 6) is -0.418. The van der Waals surface area contributed by atoms with Gasteiger partial charge in [-0.1, -0.05) is 18.2 Å². The summed E-state index contributed by atoms with van der Waals surface area (Å²) in [5, 5.41) is 6.02. The average molecular weight is 313 g/mol. The molecule has 1 amide bonds. The predicted octanol–water partition coefficient (Wildman–Crippen LogP) is 3.67. The van der Waals surface area contributed by atoms with Crippen LogP contribution in [0.2, 0.25) is 0 Å². The molecule has 1 heterocycles. The van der Waals surface area contributed by atoms with Gasteiger partial charge in [0.15, 0.2) is 0 Å². The Morgan fingerprint density at radius 1 is 1.27 bits per heavy atom. The van der Waals surface area contributed by atoms with Gasteiger partial charge in [-0.25, -0.2) is 4.79 Å². The second kappa shape index (κ2) is 5.70. The Kier molecular flexibility index (Phi) is 4.11. The molecule has 118 valence electrons. The molecule has 0 unspecified atom stereocenters. The van der Waals surface area contributed by atoms with Crippen LogP contribution in [0.25, 0.3) is 0 Å². The van der Waals surface area contributed by atoms with Crippen molar-refractivity contribution in [3.05, 3.63) is 41.1 Å². The molecule has 2 aromatic rings. The lowest BCUT2D eigenvalue weighted by Crippen LogP contribution is -2.18. The molecular formula is C14H14F3N3O2. The van der Waals surface area contributed by atoms with Crippen LogP contribution < -0.4 is 10.1 Å². The molecule has 1 aromatic heterocycles. The molecule has 0 atom stereocenters. The number of ether oxygens (including phenoxy) is 1. The molecule has 0 aliphatic rings. The van der Waals surface area contributed by atoms with E-state index in [0.717, 1.165) is 18.2 Å². The van der Waals surface area contributed by atoms with Crippen molar-refractivity contribution in [2.45, 2.75) is 20.0 Å². The summed E-state index contributed by atoms with van der Waals surface area (Å²) < 4.78 is 43.3. The number of carbonyl (C=O) groups excluding carboxylic acids is 1. The van der Waals surface area contributed by atoms with Crippen LogP contribution in [0.3, 0.4) is 0 Å². The third kappa shape index (κ3) is 3.38. The van der Waals surface area contributed by atoms with E-state index < -0.39 is 23.8 Å². The monoisotopic (exact) mass is 313 g/mol. The number of aryl methyl sites for hydroxylation is 3. The molecule has 0 aliphatic carbocycles. The Labute approximate surface area is 124 Å². The van der Waals surface area contributed by atoms with Crippen molar-refractivity contribution >= 4 is 11.8 Å². The van der Waals surface area contributed by atoms with Crippen molar-refractivity contribution < 1.29 is 22.7 Å². The van der Waals surface area contributed by atoms with Gasteiger partial charge in [0.25, 0.3) is 0 Å². The van der Waals surface area contributed by atoms with E-state index in [9.17, 15) is 18.0 Å². The molecule has 0 fully saturated rings. The molecule has 0 saturated heterocycles. The maximum Gasteiger partial charge on any atom is 0.433 e. The number of alkyl halides is 3. The van der Waals surface area contributed by atoms with Crippen LogP contribution in [-0.4, -0.2) is 15.9 Å². The van der Waals surface area contributed by atoms with Gasteiger partial charge in [0.05, 0.1) is 0 Å². The molecule has 1 aromatic carbocycles. The second-order valence-electron chi connectivity index (χ2n) is 4.77. The van der Waals surface area contributed by atoms with Crippen LogP contribution in [0.4, 0.5) is 23.7 Å². The summed E-state index contributed by atoms with van der Waals surface area (Å²) in [6, 6.07) is 6.09. The Balaban J connectivity index is 2.13. The molecule has 2 rings (SSSR count). The number of hydrogen-bond acceptors (Lipinski definition) is 3. The number of rotatable bonds is 2. The lowest BCUT2D eigenvalue weighted by Gasteiger charge is -2.10. The highest BCUT2D eigenvalue weighted by molar-refractivity contribution is 5.88. The minimum absolute atomic E-state index is 0.418. The number of aromatic nitrogens is 2. The van der Waals surface area contributed by atoms with Crippen molar-refractivity contribution in [1.29, 1.82) is 0 Å². The van der Waals surface area contributed by atoms with E-state index in [1.807, 2.05) is 6.07 Å². The van der Waals surface area contributed by atoms with Crippen molar-refractivity contribution in [3.8, 4) is 5.88 Å². The van der Waals surface area contributed by atoms with Crippen LogP contribution >= 0.6 is 0 Å². The van der Waals surface area contributed by atoms with Crippen molar-refractivity contribution in [2.24, 2.45) is 7.05 Å². The lowest BCUT2D eigenvalue weighted by molar-refractivity contribution is -0.143. The summed E-state index contributed by atoms with van der Waals surface area (Å²) >= 11 is 0. The number of nitrogens with one attached hydrogen (secondary N) is 1. The maximum atomic E-state index is 12.6. The molecule has 0 saturated carbocycles. The predicted molar refractivity (Wildman–Crippen MR) is 73.8 cm³/mol. The molecule has 1 N–H and O–H groups in total. The normalized spacial score (nSPS) is 11.4. The first-order valence-corrected chi connectivity index (χ1v) is 6.35. The van der Waals surface area contributed by atoms with E-state index in [1.165, 1.54) is 0 Å². The first kappa shape index (κ1) is 15.9. The highest BCUT2D eigenvalue weighted by Crippen LogP contribution is 2.31. The zero-order chi connectivity index (χ0) is 16.5. The highest BCUT2D eigenvalue weighted by Gasteiger charge is 2.35. The lowest BCUT2D eigenvalue weighted by atomic mass is 10.1. The fourth-order valence-electron chi connectivity index (χ4n) is 1.99. The van der Waals surface area contributed by atoms with Gasteiger partial charge in [0.1, 0.15) is 5.69 Å². The van der Waals surface area contributed by atoms with Gasteiger partial charge in [0.2, 0.25) is 5.88 Å². The zero-order valence-electron chi connectivity index (χ0n) is 12.2. The average Bonchev–Trinajstić information content (AvgIpc) is 2.75. The van der Waals surface area contributed by atoms with Gasteiger partial charge in [-0.3, -0.25) is 10.00 Å². The third-order valence-electron chi connectivity index (χ3n) is 3.05. The molecule has 5 nitrogen and oxygen atoms in total. The highest BCUT2D eigenvalue weighted by atomic mass is 19.4. The van der Waals surface area contributed by atoms with Crippen LogP contribution in [-0.2, 0) is 13.2 Å². The number of hydrogen-bond donors (Lipinski definition) is 1. The molecule has 0 bridgehead atoms. The van der Waals surface area contributed by atoms with E-state index in [1.54, 1.807) is 26.0 Å². The standard InChI is InChI=1S/C14H14F3N3O2/c1-8-5-4-6-9(2)12(8)18-13(21)22-11-7-10(14(15,16)17)20(3)19-11/h4-7H,1-3H3,(H,18,21). The number of nitrogens with zero attached hydrogens (tertiary/aromatic N) is 2. The number of para-hydroxylation sites is 1. The van der Waals surface area contributed by atoms with Crippen molar-refractivity contribution in [2.75, 3.05) is 5.32 Å². The van der Waals surface area contributed by atoms with Gasteiger partial charge in [-0.05, 0) is 25.0 Å². The SMILES string of the molecule is Cc1cccc(C)c1NC(=O)Oc1cc(C(F)(F)F)n(C)n1. The Hall–Kier alpha value is -2.51. The van der Waals surface area contributed by atoms with Crippen LogP contribution in [0.5, 0.6) is 5.88 Å². The number of carbonyl (C=O) groups is 1. The van der Waals surface area contributed by atoms with E-state index in [4.69, 9.17) is 4.74 Å². The number of amides is 1. The van der Waals surface area contributed by atoms with Crippen molar-refractivity contribution in [1.82, 2.24) is 9.78 Å². The first-order valence-electron chi connectivity index (χ1n) is 6.35. The van der Waals surface area contributed by atoms with Crippen molar-refractivity contribution in [3.63, 3.8) is 0 Å². The topological polar surface area (TPSA) is 56.1 Å². The Morgan fingerprint density at radius 3 is 2.36 bits per heavy atom. The van der Waals surface area contributed by atoms with Gasteiger partial charge in [0, 0.05) is 18.8 Å². The zero-order valence-corrected chi connectivity index (χ0v) is 12.2. The van der Waals surface area contributed by atoms with Gasteiger partial charge in [-0.2, -0.15) is 13.2 Å². The van der Waals surface area contributed by atoms with Gasteiger partial charge in [-0.15, -0.1) is 5.10 Å². The fourth-order valence-corrected chi connectivity index (χ4v) is 1.99. The molecule has 0 aliphatic heterocycles. The number of benzene rings is 1. The smallest absolute Gasteiger partial charge is 0.389 e. The number of anilines is 1. The minimum atomic E-state index is -4.56. The van der Waals surface area contributed by atoms with Gasteiger partial charge >= 0.3 is 12.3 Å². The molecular weight excluding hydrogens is 299 g/mol. The summed E-state index contributed by atoms with van der Waals surface area (Å²) in [6.45, 7) is 3.59. The van der Waals surface area contributed by atoms with Gasteiger partial charge < -0.3 is 4.74 Å². The molecule has 0 spiro atoms. The third-order valence-corrected chi connectivity index (χ3v) is 3.05. The van der Waals surface area contributed by atoms with Crippen LogP contribution in [0.1, 0.15) is 16.8 Å². The van der Waals surface area contributed by atoms with Crippen LogP contribution in [0, 0.1) is 13.8 Å². The molecule has 22 heavy (non-hydrogen) atoms. The summed E-state index contributed by atoms with van der Waals surface area (Å²) in [7, 11) is 1.12. The minimum Gasteiger partial charge on any atom is -0.389 e. The Morgan fingerprint density at radius 2 is 1.86 bits per heavy atom. The van der Waals surface area contributed by atoms with E-state index in [0.29, 0.717) is 16.4 Å². The summed E-state index contributed by atoms with van der Waals surface area (Å²) in [4.78, 5) is 11.8.